The molecule has 0 aliphatic carbocycles. The molecule has 0 radical (unpaired) electrons. The largest absolute Gasteiger partial charge is 0.497 e. The average Bonchev–Trinajstić information content (AvgIpc) is 2.36. The molecule has 0 heterocycles. The van der Waals surface area contributed by atoms with Crippen molar-refractivity contribution in [3.05, 3.63) is 23.8 Å². The third-order valence-corrected chi connectivity index (χ3v) is 2.36. The molecule has 2 N–H and O–H groups in total. The van der Waals surface area contributed by atoms with Crippen LogP contribution in [0.2, 0.25) is 0 Å². The van der Waals surface area contributed by atoms with Crippen LogP contribution in [0.25, 0.3) is 0 Å². The Labute approximate surface area is 102 Å². The molecule has 0 aliphatic rings. The first kappa shape index (κ1) is 14.2. The van der Waals surface area contributed by atoms with Crippen molar-refractivity contribution in [2.75, 3.05) is 14.2 Å². The Bertz CT molecular complexity index is 447. The number of alkyl halides is 2. The van der Waals surface area contributed by atoms with Gasteiger partial charge in [-0.2, -0.15) is 8.78 Å². The van der Waals surface area contributed by atoms with Gasteiger partial charge in [0.15, 0.2) is 6.10 Å². The predicted molar refractivity (Wildman–Crippen MR) is 57.1 cm³/mol. The van der Waals surface area contributed by atoms with E-state index < -0.39 is 18.0 Å². The number of aliphatic hydroxyl groups excluding tert-OH is 1. The van der Waals surface area contributed by atoms with Crippen molar-refractivity contribution in [1.29, 1.82) is 0 Å². The standard InChI is InChI=1S/C11H12F2O5/c1-17-6-3-4-8(18-2)7(5-6)9(14)11(12,13)10(15)16/h3-5,9,14H,1-2H3,(H,15,16). The number of aliphatic carboxylic acids is 1. The van der Waals surface area contributed by atoms with E-state index in [1.165, 1.54) is 26.4 Å². The first-order valence-corrected chi connectivity index (χ1v) is 4.85. The van der Waals surface area contributed by atoms with E-state index in [4.69, 9.17) is 14.6 Å². The fourth-order valence-corrected chi connectivity index (χ4v) is 1.37. The monoisotopic (exact) mass is 262 g/mol. The molecule has 0 aliphatic heterocycles. The zero-order chi connectivity index (χ0) is 13.9. The van der Waals surface area contributed by atoms with Crippen LogP contribution in [0.5, 0.6) is 11.5 Å². The molecule has 0 fully saturated rings. The lowest BCUT2D eigenvalue weighted by molar-refractivity contribution is -0.183. The summed E-state index contributed by atoms with van der Waals surface area (Å²) in [5.41, 5.74) is -0.357. The van der Waals surface area contributed by atoms with Crippen molar-refractivity contribution < 1.29 is 33.3 Å². The molecular formula is C11H12F2O5. The highest BCUT2D eigenvalue weighted by Gasteiger charge is 2.48. The summed E-state index contributed by atoms with van der Waals surface area (Å²) in [6, 6.07) is 3.84. The van der Waals surface area contributed by atoms with Gasteiger partial charge in [-0.1, -0.05) is 0 Å². The molecule has 0 amide bonds. The number of carboxylic acid groups (broad SMARTS) is 1. The van der Waals surface area contributed by atoms with Crippen LogP contribution in [0.1, 0.15) is 11.7 Å². The molecule has 0 saturated heterocycles. The van der Waals surface area contributed by atoms with Crippen LogP contribution in [-0.2, 0) is 4.79 Å². The number of aliphatic hydroxyl groups is 1. The Morgan fingerprint density at radius 2 is 1.94 bits per heavy atom. The maximum atomic E-state index is 13.2. The molecule has 0 aromatic heterocycles. The van der Waals surface area contributed by atoms with E-state index in [2.05, 4.69) is 0 Å². The molecule has 1 atom stereocenters. The van der Waals surface area contributed by atoms with Gasteiger partial charge in [-0.25, -0.2) is 4.79 Å². The molecular weight excluding hydrogens is 250 g/mol. The lowest BCUT2D eigenvalue weighted by atomic mass is 10.0. The second-order valence-corrected chi connectivity index (χ2v) is 3.44. The number of hydrogen-bond donors (Lipinski definition) is 2. The van der Waals surface area contributed by atoms with E-state index in [9.17, 15) is 18.7 Å². The molecule has 1 unspecified atom stereocenters. The second kappa shape index (κ2) is 5.18. The highest BCUT2D eigenvalue weighted by molar-refractivity contribution is 5.76. The Kier molecular flexibility index (Phi) is 4.07. The van der Waals surface area contributed by atoms with Crippen molar-refractivity contribution in [2.24, 2.45) is 0 Å². The van der Waals surface area contributed by atoms with Crippen LogP contribution in [0, 0.1) is 0 Å². The summed E-state index contributed by atoms with van der Waals surface area (Å²) in [7, 11) is 2.53. The van der Waals surface area contributed by atoms with E-state index >= 15 is 0 Å². The maximum Gasteiger partial charge on any atom is 0.377 e. The van der Waals surface area contributed by atoms with Crippen LogP contribution in [0.3, 0.4) is 0 Å². The van der Waals surface area contributed by atoms with Crippen molar-refractivity contribution in [1.82, 2.24) is 0 Å². The molecule has 7 heteroatoms. The average molecular weight is 262 g/mol. The predicted octanol–water partition coefficient (Wildman–Crippen LogP) is 1.46. The SMILES string of the molecule is COc1ccc(OC)c(C(O)C(F)(F)C(=O)O)c1. The van der Waals surface area contributed by atoms with Crippen LogP contribution in [0.15, 0.2) is 18.2 Å². The summed E-state index contributed by atoms with van der Waals surface area (Å²) in [4.78, 5) is 10.4. The summed E-state index contributed by atoms with van der Waals surface area (Å²) in [6.45, 7) is 0. The van der Waals surface area contributed by atoms with Crippen molar-refractivity contribution in [3.63, 3.8) is 0 Å². The van der Waals surface area contributed by atoms with E-state index in [0.717, 1.165) is 6.07 Å². The number of hydrogen-bond acceptors (Lipinski definition) is 4. The first-order chi connectivity index (χ1) is 8.34. The fourth-order valence-electron chi connectivity index (χ4n) is 1.37. The first-order valence-electron chi connectivity index (χ1n) is 4.85. The zero-order valence-electron chi connectivity index (χ0n) is 9.68. The number of methoxy groups -OCH3 is 2. The Balaban J connectivity index is 3.26. The highest BCUT2D eigenvalue weighted by atomic mass is 19.3. The molecule has 5 nitrogen and oxygen atoms in total. The van der Waals surface area contributed by atoms with Gasteiger partial charge in [0.1, 0.15) is 11.5 Å². The minimum absolute atomic E-state index is 0.0516. The molecule has 18 heavy (non-hydrogen) atoms. The van der Waals surface area contributed by atoms with Gasteiger partial charge in [0.2, 0.25) is 0 Å². The normalized spacial score (nSPS) is 12.9. The molecule has 1 rings (SSSR count). The Morgan fingerprint density at radius 3 is 2.39 bits per heavy atom. The summed E-state index contributed by atoms with van der Waals surface area (Å²) >= 11 is 0. The van der Waals surface area contributed by atoms with Gasteiger partial charge in [0.05, 0.1) is 14.2 Å². The highest BCUT2D eigenvalue weighted by Crippen LogP contribution is 2.38. The minimum atomic E-state index is -4.32. The van der Waals surface area contributed by atoms with E-state index in [-0.39, 0.29) is 17.1 Å². The van der Waals surface area contributed by atoms with Crippen LogP contribution in [0.4, 0.5) is 8.78 Å². The number of carbonyl (C=O) groups is 1. The van der Waals surface area contributed by atoms with E-state index in [0.29, 0.717) is 0 Å². The van der Waals surface area contributed by atoms with Gasteiger partial charge < -0.3 is 19.7 Å². The minimum Gasteiger partial charge on any atom is -0.497 e. The van der Waals surface area contributed by atoms with Crippen LogP contribution < -0.4 is 9.47 Å². The number of benzene rings is 1. The number of ether oxygens (including phenoxy) is 2. The third kappa shape index (κ3) is 2.51. The Morgan fingerprint density at radius 1 is 1.33 bits per heavy atom. The molecule has 0 saturated carbocycles. The van der Waals surface area contributed by atoms with Crippen LogP contribution in [-0.4, -0.2) is 36.3 Å². The zero-order valence-corrected chi connectivity index (χ0v) is 9.68. The Hall–Kier alpha value is -1.89. The second-order valence-electron chi connectivity index (χ2n) is 3.44. The summed E-state index contributed by atoms with van der Waals surface area (Å²) in [6.07, 6.45) is -2.53. The smallest absolute Gasteiger partial charge is 0.377 e. The summed E-state index contributed by atoms with van der Waals surface area (Å²) < 4.78 is 36.1. The number of halogens is 2. The lowest BCUT2D eigenvalue weighted by Crippen LogP contribution is -2.35. The van der Waals surface area contributed by atoms with E-state index in [1.807, 2.05) is 0 Å². The van der Waals surface area contributed by atoms with E-state index in [1.54, 1.807) is 0 Å². The molecule has 100 valence electrons. The quantitative estimate of drug-likeness (QED) is 0.840. The summed E-state index contributed by atoms with van der Waals surface area (Å²) in [5, 5.41) is 17.9. The maximum absolute atomic E-state index is 13.2. The van der Waals surface area contributed by atoms with Crippen molar-refractivity contribution >= 4 is 5.97 Å². The third-order valence-electron chi connectivity index (χ3n) is 2.36. The molecule has 0 spiro atoms. The fraction of sp³-hybridized carbons (Fsp3) is 0.364. The number of rotatable bonds is 5. The molecule has 1 aromatic carbocycles. The lowest BCUT2D eigenvalue weighted by Gasteiger charge is -2.21. The summed E-state index contributed by atoms with van der Waals surface area (Å²) in [5.74, 6) is -6.59. The van der Waals surface area contributed by atoms with Gasteiger partial charge in [-0.05, 0) is 18.2 Å². The number of carboxylic acids is 1. The van der Waals surface area contributed by atoms with Gasteiger partial charge in [-0.3, -0.25) is 0 Å². The van der Waals surface area contributed by atoms with Gasteiger partial charge in [-0.15, -0.1) is 0 Å². The van der Waals surface area contributed by atoms with Crippen molar-refractivity contribution in [3.8, 4) is 11.5 Å². The topological polar surface area (TPSA) is 76.0 Å². The molecule has 1 aromatic rings. The van der Waals surface area contributed by atoms with Gasteiger partial charge in [0.25, 0.3) is 0 Å². The van der Waals surface area contributed by atoms with Gasteiger partial charge >= 0.3 is 11.9 Å². The molecule has 0 bridgehead atoms. The van der Waals surface area contributed by atoms with Crippen molar-refractivity contribution in [2.45, 2.75) is 12.0 Å². The van der Waals surface area contributed by atoms with Gasteiger partial charge in [0, 0.05) is 5.56 Å². The van der Waals surface area contributed by atoms with Crippen LogP contribution >= 0.6 is 0 Å².